The molecule has 0 saturated carbocycles. The number of aromatic amines is 1. The van der Waals surface area contributed by atoms with Crippen LogP contribution in [0.25, 0.3) is 10.9 Å². The molecule has 0 bridgehead atoms. The summed E-state index contributed by atoms with van der Waals surface area (Å²) in [5, 5.41) is 17.0. The van der Waals surface area contributed by atoms with Crippen LogP contribution < -0.4 is 16.0 Å². The Kier molecular flexibility index (Phi) is 8.67. The third-order valence-corrected chi connectivity index (χ3v) is 11.2. The lowest BCUT2D eigenvalue weighted by molar-refractivity contribution is -0.136. The van der Waals surface area contributed by atoms with Crippen LogP contribution in [0.5, 0.6) is 0 Å². The zero-order chi connectivity index (χ0) is 34.3. The lowest BCUT2D eigenvalue weighted by Gasteiger charge is -2.43. The summed E-state index contributed by atoms with van der Waals surface area (Å²) in [7, 11) is 1.79. The third kappa shape index (κ3) is 6.29. The van der Waals surface area contributed by atoms with Crippen LogP contribution in [0.4, 0.5) is 15.4 Å². The van der Waals surface area contributed by atoms with E-state index in [1.807, 2.05) is 47.9 Å². The first kappa shape index (κ1) is 32.8. The molecule has 0 aliphatic carbocycles. The van der Waals surface area contributed by atoms with Gasteiger partial charge in [-0.3, -0.25) is 20.0 Å². The summed E-state index contributed by atoms with van der Waals surface area (Å²) < 4.78 is 5.82. The molecule has 1 unspecified atom stereocenters. The molecule has 4 aliphatic heterocycles. The van der Waals surface area contributed by atoms with Crippen molar-refractivity contribution in [3.63, 3.8) is 0 Å². The van der Waals surface area contributed by atoms with Gasteiger partial charge >= 0.3 is 12.1 Å². The van der Waals surface area contributed by atoms with Gasteiger partial charge in [0.1, 0.15) is 17.5 Å². The van der Waals surface area contributed by atoms with Crippen LogP contribution in [-0.4, -0.2) is 112 Å². The van der Waals surface area contributed by atoms with Gasteiger partial charge in [-0.15, -0.1) is 0 Å². The number of nitrogens with one attached hydrogen (secondary N) is 4. The monoisotopic (exact) mass is 671 g/mol. The van der Waals surface area contributed by atoms with Crippen molar-refractivity contribution in [3.8, 4) is 0 Å². The Hall–Kier alpha value is -4.72. The molecule has 14 nitrogen and oxygen atoms in total. The summed E-state index contributed by atoms with van der Waals surface area (Å²) in [5.74, 6) is 0.498. The second kappa shape index (κ2) is 13.0. The smallest absolute Gasteiger partial charge is 0.413 e. The van der Waals surface area contributed by atoms with Crippen LogP contribution in [0.15, 0.2) is 36.7 Å². The van der Waals surface area contributed by atoms with Crippen molar-refractivity contribution < 1.29 is 23.9 Å². The molecule has 4 aliphatic rings. The number of urea groups is 1. The molecule has 3 saturated heterocycles. The van der Waals surface area contributed by atoms with E-state index in [-0.39, 0.29) is 29.3 Å². The Labute approximate surface area is 285 Å². The number of H-pyrrole nitrogens is 1. The number of fused-ring (bicyclic) bond motifs is 3. The van der Waals surface area contributed by atoms with Gasteiger partial charge < -0.3 is 30.1 Å². The first-order chi connectivity index (χ1) is 23.6. The maximum Gasteiger partial charge on any atom is 0.413 e. The van der Waals surface area contributed by atoms with Gasteiger partial charge in [-0.05, 0) is 74.9 Å². The minimum absolute atomic E-state index is 0.0329. The van der Waals surface area contributed by atoms with Gasteiger partial charge in [0.05, 0.1) is 17.8 Å². The lowest BCUT2D eigenvalue weighted by Crippen LogP contribution is -2.56. The van der Waals surface area contributed by atoms with Gasteiger partial charge in [-0.2, -0.15) is 5.10 Å². The van der Waals surface area contributed by atoms with E-state index in [4.69, 9.17) is 4.74 Å². The fourth-order valence-electron chi connectivity index (χ4n) is 8.13. The van der Waals surface area contributed by atoms with Gasteiger partial charge in [0.25, 0.3) is 0 Å². The molecule has 4 N–H and O–H groups in total. The molecule has 7 rings (SSSR count). The maximum absolute atomic E-state index is 14.3. The number of piperidine rings is 2. The van der Waals surface area contributed by atoms with Crippen molar-refractivity contribution in [3.05, 3.63) is 53.3 Å². The van der Waals surface area contributed by atoms with Crippen molar-refractivity contribution in [2.45, 2.75) is 70.1 Å². The molecule has 5 amide bonds. The predicted octanol–water partition coefficient (Wildman–Crippen LogP) is 2.89. The second-order valence-corrected chi connectivity index (χ2v) is 14.2. The van der Waals surface area contributed by atoms with E-state index >= 15 is 0 Å². The number of hydrogen-bond donors (Lipinski definition) is 4. The van der Waals surface area contributed by atoms with E-state index in [0.29, 0.717) is 64.3 Å². The first-order valence-corrected chi connectivity index (χ1v) is 17.3. The normalized spacial score (nSPS) is 20.9. The summed E-state index contributed by atoms with van der Waals surface area (Å²) in [5.41, 5.74) is 2.82. The van der Waals surface area contributed by atoms with E-state index in [1.165, 1.54) is 0 Å². The minimum atomic E-state index is -0.857. The number of amides is 5. The number of hydrogen-bond acceptors (Lipinski definition) is 8. The number of pyridine rings is 1. The molecule has 6 heterocycles. The number of carbonyl (C=O) groups is 4. The number of likely N-dealkylation sites (tertiary alicyclic amines) is 3. The molecule has 2 spiro atoms. The van der Waals surface area contributed by atoms with Gasteiger partial charge in [-0.1, -0.05) is 6.07 Å². The zero-order valence-electron chi connectivity index (χ0n) is 28.4. The highest BCUT2D eigenvalue weighted by Gasteiger charge is 2.47. The van der Waals surface area contributed by atoms with Crippen LogP contribution >= 0.6 is 0 Å². The average molecular weight is 672 g/mol. The summed E-state index contributed by atoms with van der Waals surface area (Å²) in [6, 6.07) is 6.46. The Morgan fingerprint density at radius 2 is 1.71 bits per heavy atom. The number of rotatable bonds is 6. The number of anilines is 1. The highest BCUT2D eigenvalue weighted by Crippen LogP contribution is 2.43. The van der Waals surface area contributed by atoms with Crippen LogP contribution in [0.2, 0.25) is 0 Å². The minimum Gasteiger partial charge on any atom is -0.437 e. The average Bonchev–Trinajstić information content (AvgIpc) is 3.75. The number of nitrogens with zero attached hydrogens (tertiary/aromatic N) is 5. The molecular formula is C35H45N9O5. The third-order valence-electron chi connectivity index (χ3n) is 11.2. The highest BCUT2D eigenvalue weighted by molar-refractivity contribution is 5.89. The lowest BCUT2D eigenvalue weighted by atomic mass is 9.77. The number of aromatic nitrogens is 3. The molecule has 0 radical (unpaired) electrons. The van der Waals surface area contributed by atoms with Crippen LogP contribution in [0.1, 0.15) is 55.7 Å². The quantitative estimate of drug-likeness (QED) is 0.311. The molecule has 2 atom stereocenters. The van der Waals surface area contributed by atoms with Crippen molar-refractivity contribution in [1.29, 1.82) is 0 Å². The van der Waals surface area contributed by atoms with E-state index in [2.05, 4.69) is 31.1 Å². The van der Waals surface area contributed by atoms with Gasteiger partial charge in [-0.25, -0.2) is 14.6 Å². The molecule has 3 fully saturated rings. The predicted molar refractivity (Wildman–Crippen MR) is 182 cm³/mol. The largest absolute Gasteiger partial charge is 0.437 e. The maximum atomic E-state index is 14.3. The Balaban J connectivity index is 1.06. The van der Waals surface area contributed by atoms with Crippen LogP contribution in [0, 0.1) is 12.3 Å². The summed E-state index contributed by atoms with van der Waals surface area (Å²) >= 11 is 0. The van der Waals surface area contributed by atoms with E-state index in [9.17, 15) is 19.2 Å². The Morgan fingerprint density at radius 1 is 1.00 bits per heavy atom. The molecule has 49 heavy (non-hydrogen) atoms. The van der Waals surface area contributed by atoms with Crippen molar-refractivity contribution in [1.82, 2.24) is 40.5 Å². The van der Waals surface area contributed by atoms with Crippen LogP contribution in [-0.2, 0) is 26.3 Å². The molecule has 260 valence electrons. The molecule has 3 aromatic rings. The van der Waals surface area contributed by atoms with E-state index < -0.39 is 17.7 Å². The fourth-order valence-corrected chi connectivity index (χ4v) is 8.13. The topological polar surface area (TPSA) is 165 Å². The molecule has 2 aromatic heterocycles. The van der Waals surface area contributed by atoms with E-state index in [1.54, 1.807) is 24.3 Å². The number of benzene rings is 1. The summed E-state index contributed by atoms with van der Waals surface area (Å²) in [6.45, 7) is 7.17. The van der Waals surface area contributed by atoms with Crippen LogP contribution in [0.3, 0.4) is 0 Å². The first-order valence-electron chi connectivity index (χ1n) is 17.3. The second-order valence-electron chi connectivity index (χ2n) is 14.2. The van der Waals surface area contributed by atoms with Gasteiger partial charge in [0.2, 0.25) is 11.8 Å². The molecule has 14 heteroatoms. The summed E-state index contributed by atoms with van der Waals surface area (Å²) in [4.78, 5) is 63.2. The Morgan fingerprint density at radius 3 is 2.45 bits per heavy atom. The van der Waals surface area contributed by atoms with E-state index in [0.717, 1.165) is 46.9 Å². The highest BCUT2D eigenvalue weighted by atomic mass is 16.6. The Bertz CT molecular complexity index is 1760. The molecular weight excluding hydrogens is 626 g/mol. The number of likely N-dealkylation sites (N-methyl/N-ethyl adjacent to an activating group) is 1. The molecule has 1 aromatic carbocycles. The van der Waals surface area contributed by atoms with Crippen molar-refractivity contribution in [2.75, 3.05) is 51.6 Å². The fraction of sp³-hybridized carbons (Fsp3) is 0.543. The standard InChI is InChI=1S/C35H45N9O5/c1-22-17-24(18-25-20-38-41-28(22)25)19-27(31(46)44-14-8-34(21-44)6-12-42(13-7-34)30(45)23(2)36-3)39-32(47)43-15-9-35(10-16-43)26-5-4-11-37-29(26)40-33(48)49-35/h4-5,11,17-18,20,23,27,36H,6-10,12-16,19,21H2,1-3H3,(H,38,41)(H,39,47)(H,37,40,48)/t23-,27?/m0/s1. The number of carbonyl (C=O) groups excluding carboxylic acids is 4. The van der Waals surface area contributed by atoms with Crippen molar-refractivity contribution in [2.24, 2.45) is 5.41 Å². The van der Waals surface area contributed by atoms with Crippen molar-refractivity contribution >= 4 is 40.7 Å². The zero-order valence-corrected chi connectivity index (χ0v) is 28.4. The SMILES string of the molecule is CN[C@@H](C)C(=O)N1CCC2(CCN(C(=O)C(Cc3cc(C)c4[nH]ncc4c3)NC(=O)N3CCC4(CC3)OC(=O)Nc3ncccc34)C2)CC1. The van der Waals surface area contributed by atoms with Gasteiger partial charge in [0, 0.05) is 75.7 Å². The summed E-state index contributed by atoms with van der Waals surface area (Å²) in [6.07, 6.45) is 6.59. The number of ether oxygens (including phenoxy) is 1. The number of aryl methyl sites for hydroxylation is 1. The van der Waals surface area contributed by atoms with Gasteiger partial charge in [0.15, 0.2) is 0 Å².